The van der Waals surface area contributed by atoms with Crippen molar-refractivity contribution in [3.8, 4) is 11.1 Å². The molecule has 0 aliphatic heterocycles. The van der Waals surface area contributed by atoms with Gasteiger partial charge in [-0.2, -0.15) is 0 Å². The van der Waals surface area contributed by atoms with E-state index in [1.165, 1.54) is 12.3 Å². The Labute approximate surface area is 115 Å². The molecule has 0 unspecified atom stereocenters. The van der Waals surface area contributed by atoms with Gasteiger partial charge in [-0.1, -0.05) is 35.9 Å². The third kappa shape index (κ3) is 2.86. The predicted molar refractivity (Wildman–Crippen MR) is 76.3 cm³/mol. The first kappa shape index (κ1) is 13.4. The summed E-state index contributed by atoms with van der Waals surface area (Å²) in [5.41, 5.74) is 10.6. The van der Waals surface area contributed by atoms with Crippen molar-refractivity contribution in [2.75, 3.05) is 0 Å². The number of nitrogens with one attached hydrogen (secondary N) is 1. The molecule has 2 aromatic carbocycles. The molecule has 0 heterocycles. The van der Waals surface area contributed by atoms with Gasteiger partial charge in [-0.25, -0.2) is 4.39 Å². The minimum absolute atomic E-state index is 0.355. The number of halogens is 2. The molecule has 0 radical (unpaired) electrons. The number of hydrogen-bond donors (Lipinski definition) is 3. The maximum Gasteiger partial charge on any atom is 0.132 e. The standard InChI is InChI=1S/C14H13ClFN3/c15-11-5-6-12(13(16)7-11)9-1-3-10(4-2-9)14(8-17)19-18/h1-8,19H,17-18H2/b14-8-. The third-order valence-corrected chi connectivity index (χ3v) is 3.00. The summed E-state index contributed by atoms with van der Waals surface area (Å²) in [6, 6.07) is 11.8. The highest BCUT2D eigenvalue weighted by atomic mass is 35.5. The molecule has 0 bridgehead atoms. The molecular weight excluding hydrogens is 265 g/mol. The third-order valence-electron chi connectivity index (χ3n) is 2.76. The summed E-state index contributed by atoms with van der Waals surface area (Å²) in [6.07, 6.45) is 1.37. The Morgan fingerprint density at radius 1 is 1.16 bits per heavy atom. The van der Waals surface area contributed by atoms with Gasteiger partial charge in [-0.05, 0) is 23.8 Å². The van der Waals surface area contributed by atoms with E-state index in [4.69, 9.17) is 23.2 Å². The van der Waals surface area contributed by atoms with E-state index >= 15 is 0 Å². The zero-order chi connectivity index (χ0) is 13.8. The SMILES string of the molecule is N/C=C(\NN)c1ccc(-c2ccc(Cl)cc2F)cc1. The Morgan fingerprint density at radius 3 is 2.37 bits per heavy atom. The van der Waals surface area contributed by atoms with Crippen LogP contribution < -0.4 is 17.0 Å². The quantitative estimate of drug-likeness (QED) is 0.597. The lowest BCUT2D eigenvalue weighted by Gasteiger charge is -2.08. The zero-order valence-electron chi connectivity index (χ0n) is 10.0. The fraction of sp³-hybridized carbons (Fsp3) is 0. The highest BCUT2D eigenvalue weighted by Crippen LogP contribution is 2.26. The van der Waals surface area contributed by atoms with Gasteiger partial charge >= 0.3 is 0 Å². The van der Waals surface area contributed by atoms with E-state index in [0.717, 1.165) is 11.1 Å². The summed E-state index contributed by atoms with van der Waals surface area (Å²) in [5.74, 6) is 4.98. The van der Waals surface area contributed by atoms with Gasteiger partial charge in [-0.15, -0.1) is 0 Å². The van der Waals surface area contributed by atoms with Crippen LogP contribution in [0, 0.1) is 5.82 Å². The normalized spacial score (nSPS) is 11.4. The second-order valence-corrected chi connectivity index (χ2v) is 4.36. The average Bonchev–Trinajstić information content (AvgIpc) is 2.41. The Kier molecular flexibility index (Phi) is 4.04. The van der Waals surface area contributed by atoms with Crippen molar-refractivity contribution in [1.29, 1.82) is 0 Å². The molecule has 2 rings (SSSR count). The molecule has 0 aromatic heterocycles. The van der Waals surface area contributed by atoms with Crippen LogP contribution in [0.4, 0.5) is 4.39 Å². The van der Waals surface area contributed by atoms with Gasteiger partial charge in [0.2, 0.25) is 0 Å². The van der Waals surface area contributed by atoms with Gasteiger partial charge in [0.25, 0.3) is 0 Å². The van der Waals surface area contributed by atoms with E-state index in [0.29, 0.717) is 16.3 Å². The van der Waals surface area contributed by atoms with Crippen LogP contribution in [-0.4, -0.2) is 0 Å². The minimum atomic E-state index is -0.355. The monoisotopic (exact) mass is 277 g/mol. The largest absolute Gasteiger partial charge is 0.403 e. The van der Waals surface area contributed by atoms with Crippen molar-refractivity contribution in [3.05, 3.63) is 65.1 Å². The van der Waals surface area contributed by atoms with Crippen LogP contribution in [-0.2, 0) is 0 Å². The lowest BCUT2D eigenvalue weighted by Crippen LogP contribution is -2.20. The molecule has 2 aromatic rings. The van der Waals surface area contributed by atoms with Crippen LogP contribution in [0.1, 0.15) is 5.56 Å². The summed E-state index contributed by atoms with van der Waals surface area (Å²) in [5, 5.41) is 0.374. The fourth-order valence-corrected chi connectivity index (χ4v) is 1.94. The first-order valence-corrected chi connectivity index (χ1v) is 5.98. The van der Waals surface area contributed by atoms with Crippen LogP contribution in [0.3, 0.4) is 0 Å². The highest BCUT2D eigenvalue weighted by Gasteiger charge is 2.06. The van der Waals surface area contributed by atoms with Gasteiger partial charge in [0, 0.05) is 22.3 Å². The summed E-state index contributed by atoms with van der Waals surface area (Å²) < 4.78 is 13.8. The molecule has 0 aliphatic carbocycles. The molecule has 0 amide bonds. The number of nitrogens with two attached hydrogens (primary N) is 2. The highest BCUT2D eigenvalue weighted by molar-refractivity contribution is 6.30. The maximum atomic E-state index is 13.8. The van der Waals surface area contributed by atoms with Crippen molar-refractivity contribution >= 4 is 17.3 Å². The number of benzene rings is 2. The molecule has 98 valence electrons. The smallest absolute Gasteiger partial charge is 0.132 e. The molecule has 0 spiro atoms. The van der Waals surface area contributed by atoms with Gasteiger partial charge < -0.3 is 11.2 Å². The molecule has 0 aliphatic rings. The first-order chi connectivity index (χ1) is 9.15. The lowest BCUT2D eigenvalue weighted by molar-refractivity contribution is 0.631. The molecule has 0 fully saturated rings. The van der Waals surface area contributed by atoms with Crippen molar-refractivity contribution in [1.82, 2.24) is 5.43 Å². The summed E-state index contributed by atoms with van der Waals surface area (Å²) >= 11 is 5.73. The number of hydrazine groups is 1. The Balaban J connectivity index is 2.37. The maximum absolute atomic E-state index is 13.8. The van der Waals surface area contributed by atoms with Gasteiger partial charge in [0.15, 0.2) is 0 Å². The predicted octanol–water partition coefficient (Wildman–Crippen LogP) is 2.87. The van der Waals surface area contributed by atoms with Gasteiger partial charge in [0.05, 0.1) is 5.70 Å². The van der Waals surface area contributed by atoms with Crippen molar-refractivity contribution in [2.24, 2.45) is 11.6 Å². The number of rotatable bonds is 3. The molecule has 5 heteroatoms. The lowest BCUT2D eigenvalue weighted by atomic mass is 10.0. The van der Waals surface area contributed by atoms with Crippen LogP contribution >= 0.6 is 11.6 Å². The van der Waals surface area contributed by atoms with E-state index < -0.39 is 0 Å². The van der Waals surface area contributed by atoms with Crippen molar-refractivity contribution in [2.45, 2.75) is 0 Å². The fourth-order valence-electron chi connectivity index (χ4n) is 1.78. The summed E-state index contributed by atoms with van der Waals surface area (Å²) in [4.78, 5) is 0. The van der Waals surface area contributed by atoms with E-state index in [1.807, 2.05) is 12.1 Å². The topological polar surface area (TPSA) is 64.1 Å². The molecule has 5 N–H and O–H groups in total. The Morgan fingerprint density at radius 2 is 1.84 bits per heavy atom. The van der Waals surface area contributed by atoms with E-state index in [1.54, 1.807) is 24.3 Å². The first-order valence-electron chi connectivity index (χ1n) is 5.60. The molecule has 0 atom stereocenters. The van der Waals surface area contributed by atoms with E-state index in [9.17, 15) is 4.39 Å². The molecule has 3 nitrogen and oxygen atoms in total. The van der Waals surface area contributed by atoms with Crippen LogP contribution in [0.2, 0.25) is 5.02 Å². The number of hydrogen-bond acceptors (Lipinski definition) is 3. The molecule has 19 heavy (non-hydrogen) atoms. The van der Waals surface area contributed by atoms with Crippen LogP contribution in [0.15, 0.2) is 48.7 Å². The van der Waals surface area contributed by atoms with Gasteiger partial charge in [-0.3, -0.25) is 5.84 Å². The van der Waals surface area contributed by atoms with Crippen molar-refractivity contribution in [3.63, 3.8) is 0 Å². The molecule has 0 saturated carbocycles. The molecule has 0 saturated heterocycles. The summed E-state index contributed by atoms with van der Waals surface area (Å²) in [6.45, 7) is 0. The minimum Gasteiger partial charge on any atom is -0.403 e. The average molecular weight is 278 g/mol. The van der Waals surface area contributed by atoms with Crippen molar-refractivity contribution < 1.29 is 4.39 Å². The Hall–Kier alpha value is -2.04. The van der Waals surface area contributed by atoms with Crippen LogP contribution in [0.5, 0.6) is 0 Å². The zero-order valence-corrected chi connectivity index (χ0v) is 10.8. The van der Waals surface area contributed by atoms with Gasteiger partial charge in [0.1, 0.15) is 5.82 Å². The second-order valence-electron chi connectivity index (χ2n) is 3.93. The second kappa shape index (κ2) is 5.73. The van der Waals surface area contributed by atoms with E-state index in [2.05, 4.69) is 5.43 Å². The summed E-state index contributed by atoms with van der Waals surface area (Å²) in [7, 11) is 0. The molecular formula is C14H13ClFN3. The van der Waals surface area contributed by atoms with Crippen LogP contribution in [0.25, 0.3) is 16.8 Å². The van der Waals surface area contributed by atoms with E-state index in [-0.39, 0.29) is 5.82 Å². The Bertz CT molecular complexity index is 609.